The first kappa shape index (κ1) is 14.6. The van der Waals surface area contributed by atoms with Gasteiger partial charge in [0.15, 0.2) is 0 Å². The fraction of sp³-hybridized carbons (Fsp3) is 0.571. The summed E-state index contributed by atoms with van der Waals surface area (Å²) in [5.74, 6) is 0.0529. The number of nitrogens with zero attached hydrogens (tertiary/aromatic N) is 1. The normalized spacial score (nSPS) is 12.5. The van der Waals surface area contributed by atoms with Crippen molar-refractivity contribution in [1.29, 1.82) is 0 Å². The van der Waals surface area contributed by atoms with Gasteiger partial charge in [0, 0.05) is 18.9 Å². The van der Waals surface area contributed by atoms with Crippen molar-refractivity contribution in [2.45, 2.75) is 39.7 Å². The Kier molecular flexibility index (Phi) is 5.78. The van der Waals surface area contributed by atoms with Crippen LogP contribution in [0.4, 0.5) is 0 Å². The van der Waals surface area contributed by atoms with Crippen LogP contribution in [0.3, 0.4) is 0 Å². The molecule has 0 aliphatic carbocycles. The Balaban J connectivity index is 2.51. The van der Waals surface area contributed by atoms with Crippen molar-refractivity contribution in [3.8, 4) is 0 Å². The molecule has 1 aromatic heterocycles. The molecule has 0 radical (unpaired) electrons. The van der Waals surface area contributed by atoms with Gasteiger partial charge in [-0.1, -0.05) is 26.7 Å². The lowest BCUT2D eigenvalue weighted by Gasteiger charge is -2.20. The number of aromatic nitrogens is 1. The Morgan fingerprint density at radius 2 is 2.06 bits per heavy atom. The number of carbonyl (C=O) groups excluding carboxylic acids is 1. The maximum atomic E-state index is 11.8. The summed E-state index contributed by atoms with van der Waals surface area (Å²) < 4.78 is 0. The summed E-state index contributed by atoms with van der Waals surface area (Å²) in [5.41, 5.74) is 1.48. The fourth-order valence-corrected chi connectivity index (χ4v) is 1.98. The number of aryl methyl sites for hydroxylation is 1. The average molecular weight is 250 g/mol. The first-order chi connectivity index (χ1) is 8.58. The second kappa shape index (κ2) is 7.11. The Labute approximate surface area is 108 Å². The Morgan fingerprint density at radius 3 is 2.61 bits per heavy atom. The molecule has 1 rings (SSSR count). The molecule has 1 amide bonds. The molecule has 2 N–H and O–H groups in total. The van der Waals surface area contributed by atoms with E-state index < -0.39 is 6.10 Å². The molecule has 0 aliphatic rings. The molecule has 1 unspecified atom stereocenters. The smallest absolute Gasteiger partial charge is 0.252 e. The predicted octanol–water partition coefficient (Wildman–Crippen LogP) is 1.92. The van der Waals surface area contributed by atoms with Crippen LogP contribution < -0.4 is 5.32 Å². The van der Waals surface area contributed by atoms with E-state index in [1.54, 1.807) is 12.3 Å². The Morgan fingerprint density at radius 1 is 1.39 bits per heavy atom. The van der Waals surface area contributed by atoms with Gasteiger partial charge in [-0.3, -0.25) is 9.78 Å². The molecule has 1 atom stereocenters. The SMILES string of the molecule is CCC(CC)C(O)CNC(=O)c1cncc(C)c1. The van der Waals surface area contributed by atoms with E-state index in [9.17, 15) is 9.90 Å². The van der Waals surface area contributed by atoms with E-state index in [4.69, 9.17) is 0 Å². The summed E-state index contributed by atoms with van der Waals surface area (Å²) in [6.07, 6.45) is 4.59. The average Bonchev–Trinajstić information content (AvgIpc) is 2.37. The molecule has 0 saturated carbocycles. The third kappa shape index (κ3) is 4.11. The first-order valence-electron chi connectivity index (χ1n) is 6.46. The van der Waals surface area contributed by atoms with Crippen LogP contribution in [0.2, 0.25) is 0 Å². The number of hydrogen-bond donors (Lipinski definition) is 2. The van der Waals surface area contributed by atoms with Crippen LogP contribution in [0.1, 0.15) is 42.6 Å². The van der Waals surface area contributed by atoms with Crippen molar-refractivity contribution in [3.05, 3.63) is 29.6 Å². The second-order valence-electron chi connectivity index (χ2n) is 4.60. The molecule has 0 saturated heterocycles. The van der Waals surface area contributed by atoms with Crippen molar-refractivity contribution in [2.75, 3.05) is 6.54 Å². The lowest BCUT2D eigenvalue weighted by atomic mass is 9.96. The van der Waals surface area contributed by atoms with Gasteiger partial charge in [0.05, 0.1) is 11.7 Å². The van der Waals surface area contributed by atoms with E-state index in [0.717, 1.165) is 18.4 Å². The van der Waals surface area contributed by atoms with Gasteiger partial charge in [0.2, 0.25) is 0 Å². The molecule has 18 heavy (non-hydrogen) atoms. The van der Waals surface area contributed by atoms with Gasteiger partial charge in [-0.25, -0.2) is 0 Å². The number of carbonyl (C=O) groups is 1. The zero-order chi connectivity index (χ0) is 13.5. The quantitative estimate of drug-likeness (QED) is 0.810. The summed E-state index contributed by atoms with van der Waals surface area (Å²) in [7, 11) is 0. The molecular weight excluding hydrogens is 228 g/mol. The molecule has 100 valence electrons. The van der Waals surface area contributed by atoms with Crippen LogP contribution >= 0.6 is 0 Å². The van der Waals surface area contributed by atoms with Gasteiger partial charge in [0.25, 0.3) is 5.91 Å². The third-order valence-electron chi connectivity index (χ3n) is 3.20. The molecule has 1 heterocycles. The van der Waals surface area contributed by atoms with Crippen LogP contribution in [0.25, 0.3) is 0 Å². The van der Waals surface area contributed by atoms with Gasteiger partial charge >= 0.3 is 0 Å². The highest BCUT2D eigenvalue weighted by Gasteiger charge is 2.16. The van der Waals surface area contributed by atoms with Crippen molar-refractivity contribution >= 4 is 5.91 Å². The topological polar surface area (TPSA) is 62.2 Å². The zero-order valence-electron chi connectivity index (χ0n) is 11.3. The number of aliphatic hydroxyl groups is 1. The molecule has 4 heteroatoms. The van der Waals surface area contributed by atoms with E-state index in [0.29, 0.717) is 12.1 Å². The highest BCUT2D eigenvalue weighted by molar-refractivity contribution is 5.93. The minimum atomic E-state index is -0.485. The molecule has 0 aliphatic heterocycles. The van der Waals surface area contributed by atoms with Gasteiger partial charge in [-0.15, -0.1) is 0 Å². The van der Waals surface area contributed by atoms with Crippen LogP contribution in [-0.2, 0) is 0 Å². The lowest BCUT2D eigenvalue weighted by Crippen LogP contribution is -2.36. The van der Waals surface area contributed by atoms with E-state index in [1.165, 1.54) is 6.20 Å². The zero-order valence-corrected chi connectivity index (χ0v) is 11.3. The molecule has 0 aromatic carbocycles. The van der Waals surface area contributed by atoms with Crippen molar-refractivity contribution in [1.82, 2.24) is 10.3 Å². The number of aliphatic hydroxyl groups excluding tert-OH is 1. The molecule has 4 nitrogen and oxygen atoms in total. The monoisotopic (exact) mass is 250 g/mol. The van der Waals surface area contributed by atoms with Crippen LogP contribution in [0.15, 0.2) is 18.5 Å². The summed E-state index contributed by atoms with van der Waals surface area (Å²) in [5, 5.41) is 12.7. The number of pyridine rings is 1. The number of rotatable bonds is 6. The van der Waals surface area contributed by atoms with E-state index in [2.05, 4.69) is 10.3 Å². The maximum absolute atomic E-state index is 11.8. The number of hydrogen-bond acceptors (Lipinski definition) is 3. The second-order valence-corrected chi connectivity index (χ2v) is 4.60. The van der Waals surface area contributed by atoms with Crippen LogP contribution in [-0.4, -0.2) is 28.6 Å². The third-order valence-corrected chi connectivity index (χ3v) is 3.20. The van der Waals surface area contributed by atoms with E-state index in [1.807, 2.05) is 20.8 Å². The predicted molar refractivity (Wildman–Crippen MR) is 71.4 cm³/mol. The summed E-state index contributed by atoms with van der Waals surface area (Å²) >= 11 is 0. The minimum absolute atomic E-state index is 0.184. The summed E-state index contributed by atoms with van der Waals surface area (Å²) in [6.45, 7) is 6.27. The van der Waals surface area contributed by atoms with E-state index >= 15 is 0 Å². The maximum Gasteiger partial charge on any atom is 0.252 e. The Bertz CT molecular complexity index is 389. The highest BCUT2D eigenvalue weighted by atomic mass is 16.3. The fourth-order valence-electron chi connectivity index (χ4n) is 1.98. The van der Waals surface area contributed by atoms with Crippen LogP contribution in [0.5, 0.6) is 0 Å². The molecular formula is C14H22N2O2. The largest absolute Gasteiger partial charge is 0.391 e. The number of amides is 1. The van der Waals surface area contributed by atoms with Crippen LogP contribution in [0, 0.1) is 12.8 Å². The standard InChI is InChI=1S/C14H22N2O2/c1-4-11(5-2)13(17)9-16-14(18)12-6-10(3)7-15-8-12/h6-8,11,13,17H,4-5,9H2,1-3H3,(H,16,18). The van der Waals surface area contributed by atoms with Crippen molar-refractivity contribution < 1.29 is 9.90 Å². The lowest BCUT2D eigenvalue weighted by molar-refractivity contribution is 0.0816. The van der Waals surface area contributed by atoms with Crippen molar-refractivity contribution in [2.24, 2.45) is 5.92 Å². The number of nitrogens with one attached hydrogen (secondary N) is 1. The molecule has 0 spiro atoms. The highest BCUT2D eigenvalue weighted by Crippen LogP contribution is 2.12. The van der Waals surface area contributed by atoms with Crippen molar-refractivity contribution in [3.63, 3.8) is 0 Å². The summed E-state index contributed by atoms with van der Waals surface area (Å²) in [6, 6.07) is 1.78. The van der Waals surface area contributed by atoms with E-state index in [-0.39, 0.29) is 11.8 Å². The molecule has 1 aromatic rings. The Hall–Kier alpha value is -1.42. The molecule has 0 bridgehead atoms. The minimum Gasteiger partial charge on any atom is -0.391 e. The van der Waals surface area contributed by atoms with Gasteiger partial charge < -0.3 is 10.4 Å². The van der Waals surface area contributed by atoms with Gasteiger partial charge in [-0.05, 0) is 24.5 Å². The summed E-state index contributed by atoms with van der Waals surface area (Å²) in [4.78, 5) is 15.8. The van der Waals surface area contributed by atoms with Gasteiger partial charge in [0.1, 0.15) is 0 Å². The molecule has 0 fully saturated rings. The van der Waals surface area contributed by atoms with Gasteiger partial charge in [-0.2, -0.15) is 0 Å². The first-order valence-corrected chi connectivity index (χ1v) is 6.46.